The van der Waals surface area contributed by atoms with Crippen LogP contribution in [0, 0.1) is 5.82 Å². The summed E-state index contributed by atoms with van der Waals surface area (Å²) < 4.78 is 56.6. The van der Waals surface area contributed by atoms with Gasteiger partial charge in [-0.2, -0.15) is 13.2 Å². The highest BCUT2D eigenvalue weighted by atomic mass is 19.4. The molecule has 0 spiro atoms. The fourth-order valence-corrected chi connectivity index (χ4v) is 2.11. The van der Waals surface area contributed by atoms with Crippen LogP contribution in [0.2, 0.25) is 0 Å². The van der Waals surface area contributed by atoms with Crippen LogP contribution in [0.3, 0.4) is 0 Å². The van der Waals surface area contributed by atoms with Gasteiger partial charge < -0.3 is 10.1 Å². The van der Waals surface area contributed by atoms with Crippen molar-refractivity contribution in [3.63, 3.8) is 0 Å². The van der Waals surface area contributed by atoms with E-state index in [1.165, 1.54) is 12.1 Å². The van der Waals surface area contributed by atoms with Gasteiger partial charge in [0.25, 0.3) is 0 Å². The summed E-state index contributed by atoms with van der Waals surface area (Å²) >= 11 is 0. The van der Waals surface area contributed by atoms with Crippen LogP contribution in [0.5, 0.6) is 0 Å². The minimum absolute atomic E-state index is 0.0211. The van der Waals surface area contributed by atoms with Gasteiger partial charge in [0.05, 0.1) is 11.7 Å². The molecular formula is C13H15F4NO. The van der Waals surface area contributed by atoms with Crippen molar-refractivity contribution in [3.05, 3.63) is 35.1 Å². The summed E-state index contributed by atoms with van der Waals surface area (Å²) in [4.78, 5) is 0. The van der Waals surface area contributed by atoms with E-state index in [0.717, 1.165) is 18.9 Å². The van der Waals surface area contributed by atoms with Gasteiger partial charge in [0.2, 0.25) is 0 Å². The van der Waals surface area contributed by atoms with Gasteiger partial charge in [0.15, 0.2) is 0 Å². The first kappa shape index (κ1) is 14.3. The van der Waals surface area contributed by atoms with E-state index in [0.29, 0.717) is 13.2 Å². The van der Waals surface area contributed by atoms with Crippen molar-refractivity contribution in [2.45, 2.75) is 31.7 Å². The van der Waals surface area contributed by atoms with E-state index in [2.05, 4.69) is 5.32 Å². The largest absolute Gasteiger partial charge is 0.419 e. The molecule has 0 aromatic heterocycles. The molecule has 0 radical (unpaired) electrons. The van der Waals surface area contributed by atoms with Crippen LogP contribution in [0.15, 0.2) is 18.2 Å². The molecule has 1 aromatic rings. The maximum absolute atomic E-state index is 13.7. The second kappa shape index (κ2) is 5.88. The number of ether oxygens (including phenoxy) is 1. The van der Waals surface area contributed by atoms with Gasteiger partial charge in [-0.1, -0.05) is 12.1 Å². The van der Waals surface area contributed by atoms with Crippen LogP contribution in [0.25, 0.3) is 0 Å². The van der Waals surface area contributed by atoms with Crippen LogP contribution in [0.1, 0.15) is 24.0 Å². The summed E-state index contributed by atoms with van der Waals surface area (Å²) in [6, 6.07) is 3.32. The van der Waals surface area contributed by atoms with E-state index in [4.69, 9.17) is 4.74 Å². The second-order valence-corrected chi connectivity index (χ2v) is 4.54. The van der Waals surface area contributed by atoms with Crippen molar-refractivity contribution in [3.8, 4) is 0 Å². The molecule has 1 N–H and O–H groups in total. The maximum atomic E-state index is 13.7. The Morgan fingerprint density at radius 3 is 2.74 bits per heavy atom. The molecule has 1 unspecified atom stereocenters. The predicted octanol–water partition coefficient (Wildman–Crippen LogP) is 3.11. The lowest BCUT2D eigenvalue weighted by Gasteiger charge is -2.13. The van der Waals surface area contributed by atoms with Gasteiger partial charge in [0, 0.05) is 25.3 Å². The van der Waals surface area contributed by atoms with Crippen molar-refractivity contribution >= 4 is 0 Å². The summed E-state index contributed by atoms with van der Waals surface area (Å²) in [5.74, 6) is -1.20. The Morgan fingerprint density at radius 2 is 2.11 bits per heavy atom. The molecule has 1 aliphatic heterocycles. The number of rotatable bonds is 4. The number of benzene rings is 1. The standard InChI is InChI=1S/C13H15F4NO/c14-12-9(3-1-5-11(12)13(15,16)17)7-18-8-10-4-2-6-19-10/h1,3,5,10,18H,2,4,6-8H2. The molecular weight excluding hydrogens is 262 g/mol. The smallest absolute Gasteiger partial charge is 0.377 e. The lowest BCUT2D eigenvalue weighted by Crippen LogP contribution is -2.26. The van der Waals surface area contributed by atoms with E-state index in [-0.39, 0.29) is 18.2 Å². The molecule has 6 heteroatoms. The van der Waals surface area contributed by atoms with E-state index in [1.807, 2.05) is 0 Å². The Bertz CT molecular complexity index is 427. The van der Waals surface area contributed by atoms with E-state index in [1.54, 1.807) is 0 Å². The second-order valence-electron chi connectivity index (χ2n) is 4.54. The highest BCUT2D eigenvalue weighted by molar-refractivity contribution is 5.28. The van der Waals surface area contributed by atoms with Crippen molar-refractivity contribution in [1.29, 1.82) is 0 Å². The van der Waals surface area contributed by atoms with Gasteiger partial charge in [0.1, 0.15) is 5.82 Å². The van der Waals surface area contributed by atoms with Crippen LogP contribution >= 0.6 is 0 Å². The van der Waals surface area contributed by atoms with Gasteiger partial charge in [-0.3, -0.25) is 0 Å². The minimum Gasteiger partial charge on any atom is -0.377 e. The molecule has 1 saturated heterocycles. The first-order valence-corrected chi connectivity index (χ1v) is 6.15. The Balaban J connectivity index is 1.96. The number of nitrogens with one attached hydrogen (secondary N) is 1. The molecule has 19 heavy (non-hydrogen) atoms. The lowest BCUT2D eigenvalue weighted by molar-refractivity contribution is -0.140. The highest BCUT2D eigenvalue weighted by Crippen LogP contribution is 2.32. The van der Waals surface area contributed by atoms with Gasteiger partial charge in [-0.15, -0.1) is 0 Å². The zero-order valence-corrected chi connectivity index (χ0v) is 10.3. The normalized spacial score (nSPS) is 19.9. The molecule has 1 atom stereocenters. The molecule has 1 aliphatic rings. The molecule has 106 valence electrons. The van der Waals surface area contributed by atoms with E-state index in [9.17, 15) is 17.6 Å². The lowest BCUT2D eigenvalue weighted by atomic mass is 10.1. The van der Waals surface area contributed by atoms with Crippen LogP contribution < -0.4 is 5.32 Å². The molecule has 2 rings (SSSR count). The third-order valence-electron chi connectivity index (χ3n) is 3.10. The zero-order valence-electron chi connectivity index (χ0n) is 10.3. The fourth-order valence-electron chi connectivity index (χ4n) is 2.11. The van der Waals surface area contributed by atoms with Gasteiger partial charge in [-0.25, -0.2) is 4.39 Å². The van der Waals surface area contributed by atoms with E-state index < -0.39 is 17.6 Å². The molecule has 2 nitrogen and oxygen atoms in total. The van der Waals surface area contributed by atoms with Gasteiger partial charge in [-0.05, 0) is 18.9 Å². The van der Waals surface area contributed by atoms with Gasteiger partial charge >= 0.3 is 6.18 Å². The number of hydrogen-bond donors (Lipinski definition) is 1. The summed E-state index contributed by atoms with van der Waals surface area (Å²) in [5.41, 5.74) is -1.20. The number of alkyl halides is 3. The third-order valence-corrected chi connectivity index (χ3v) is 3.10. The molecule has 0 bridgehead atoms. The number of halogens is 4. The molecule has 1 heterocycles. The first-order valence-electron chi connectivity index (χ1n) is 6.15. The van der Waals surface area contributed by atoms with Crippen molar-refractivity contribution < 1.29 is 22.3 Å². The molecule has 1 fully saturated rings. The first-order chi connectivity index (χ1) is 8.98. The van der Waals surface area contributed by atoms with Crippen molar-refractivity contribution in [1.82, 2.24) is 5.32 Å². The number of hydrogen-bond acceptors (Lipinski definition) is 2. The summed E-state index contributed by atoms with van der Waals surface area (Å²) in [6.07, 6.45) is -2.66. The monoisotopic (exact) mass is 277 g/mol. The quantitative estimate of drug-likeness (QED) is 0.854. The summed E-state index contributed by atoms with van der Waals surface area (Å²) in [6.45, 7) is 1.30. The van der Waals surface area contributed by atoms with E-state index >= 15 is 0 Å². The maximum Gasteiger partial charge on any atom is 0.419 e. The van der Waals surface area contributed by atoms with Crippen molar-refractivity contribution in [2.24, 2.45) is 0 Å². The molecule has 0 amide bonds. The third kappa shape index (κ3) is 3.67. The Hall–Kier alpha value is -1.14. The topological polar surface area (TPSA) is 21.3 Å². The summed E-state index contributed by atoms with van der Waals surface area (Å²) in [7, 11) is 0. The highest BCUT2D eigenvalue weighted by Gasteiger charge is 2.34. The minimum atomic E-state index is -4.66. The van der Waals surface area contributed by atoms with Crippen LogP contribution in [-0.4, -0.2) is 19.3 Å². The fraction of sp³-hybridized carbons (Fsp3) is 0.538. The van der Waals surface area contributed by atoms with Crippen molar-refractivity contribution in [2.75, 3.05) is 13.2 Å². The molecule has 0 saturated carbocycles. The molecule has 1 aromatic carbocycles. The Morgan fingerprint density at radius 1 is 1.32 bits per heavy atom. The molecule has 0 aliphatic carbocycles. The van der Waals surface area contributed by atoms with Crippen LogP contribution in [-0.2, 0) is 17.5 Å². The zero-order chi connectivity index (χ0) is 13.9. The average Bonchev–Trinajstić information content (AvgIpc) is 2.83. The Labute approximate surface area is 108 Å². The average molecular weight is 277 g/mol. The predicted molar refractivity (Wildman–Crippen MR) is 62.1 cm³/mol. The SMILES string of the molecule is Fc1c(CNCC2CCCO2)cccc1C(F)(F)F. The Kier molecular flexibility index (Phi) is 4.42. The van der Waals surface area contributed by atoms with Crippen LogP contribution in [0.4, 0.5) is 17.6 Å². The summed E-state index contributed by atoms with van der Waals surface area (Å²) in [5, 5.41) is 2.93.